The van der Waals surface area contributed by atoms with Crippen molar-refractivity contribution in [3.63, 3.8) is 0 Å². The summed E-state index contributed by atoms with van der Waals surface area (Å²) in [5.74, 6) is 0.528. The highest BCUT2D eigenvalue weighted by Gasteiger charge is 2.30. The molecule has 1 saturated heterocycles. The van der Waals surface area contributed by atoms with E-state index in [1.54, 1.807) is 6.07 Å². The molecule has 1 amide bonds. The highest BCUT2D eigenvalue weighted by atomic mass is 16.5. The number of nitrogens with zero attached hydrogens (tertiary/aromatic N) is 2. The molecule has 3 heterocycles. The molecular formula is C16H16N4O2. The molecule has 0 radical (unpaired) electrons. The third-order valence-electron chi connectivity index (χ3n) is 4.20. The number of carbonyl (C=O) groups is 1. The Labute approximate surface area is 126 Å². The normalized spacial score (nSPS) is 18.2. The molecule has 3 aromatic rings. The zero-order chi connectivity index (χ0) is 15.1. The maximum atomic E-state index is 12.6. The maximum absolute atomic E-state index is 12.6. The molecule has 3 N–H and O–H groups in total. The van der Waals surface area contributed by atoms with Gasteiger partial charge in [0.2, 0.25) is 5.88 Å². The molecule has 0 bridgehead atoms. The van der Waals surface area contributed by atoms with Crippen LogP contribution in [0.3, 0.4) is 0 Å². The molecule has 6 nitrogen and oxygen atoms in total. The van der Waals surface area contributed by atoms with Crippen molar-refractivity contribution < 1.29 is 9.32 Å². The Kier molecular flexibility index (Phi) is 2.89. The zero-order valence-electron chi connectivity index (χ0n) is 12.0. The summed E-state index contributed by atoms with van der Waals surface area (Å²) in [4.78, 5) is 17.7. The van der Waals surface area contributed by atoms with Crippen LogP contribution >= 0.6 is 0 Å². The van der Waals surface area contributed by atoms with Gasteiger partial charge in [-0.2, -0.15) is 0 Å². The quantitative estimate of drug-likeness (QED) is 0.760. The van der Waals surface area contributed by atoms with Crippen molar-refractivity contribution in [3.8, 4) is 0 Å². The number of para-hydroxylation sites is 1. The molecule has 1 aliphatic heterocycles. The molecule has 1 aromatic carbocycles. The summed E-state index contributed by atoms with van der Waals surface area (Å²) >= 11 is 0. The number of amides is 1. The number of nitrogens with two attached hydrogens (primary N) is 1. The predicted molar refractivity (Wildman–Crippen MR) is 82.5 cm³/mol. The van der Waals surface area contributed by atoms with Gasteiger partial charge in [-0.15, -0.1) is 0 Å². The molecule has 4 rings (SSSR count). The first-order valence-corrected chi connectivity index (χ1v) is 7.30. The minimum atomic E-state index is 0.0233. The first-order chi connectivity index (χ1) is 10.7. The molecule has 0 aliphatic carbocycles. The molecule has 1 aliphatic rings. The number of benzene rings is 1. The average Bonchev–Trinajstić information content (AvgIpc) is 3.24. The number of carbonyl (C=O) groups excluding carboxylic acids is 1. The van der Waals surface area contributed by atoms with Crippen LogP contribution in [-0.4, -0.2) is 34.0 Å². The van der Waals surface area contributed by atoms with E-state index in [0.717, 1.165) is 23.0 Å². The molecule has 112 valence electrons. The Hall–Kier alpha value is -2.76. The van der Waals surface area contributed by atoms with Crippen LogP contribution in [0.25, 0.3) is 10.9 Å². The van der Waals surface area contributed by atoms with E-state index in [1.165, 1.54) is 0 Å². The van der Waals surface area contributed by atoms with Gasteiger partial charge in [0.25, 0.3) is 5.91 Å². The summed E-state index contributed by atoms with van der Waals surface area (Å²) in [5.41, 5.74) is 7.99. The first kappa shape index (κ1) is 12.9. The number of H-pyrrole nitrogens is 1. The molecule has 1 atom stereocenters. The van der Waals surface area contributed by atoms with Crippen molar-refractivity contribution in [1.29, 1.82) is 0 Å². The van der Waals surface area contributed by atoms with Crippen molar-refractivity contribution in [3.05, 3.63) is 47.8 Å². The van der Waals surface area contributed by atoms with E-state index in [-0.39, 0.29) is 11.8 Å². The molecule has 2 aromatic heterocycles. The zero-order valence-corrected chi connectivity index (χ0v) is 12.0. The van der Waals surface area contributed by atoms with Crippen LogP contribution in [0.5, 0.6) is 0 Å². The Morgan fingerprint density at radius 2 is 2.23 bits per heavy atom. The summed E-state index contributed by atoms with van der Waals surface area (Å²) in [6.45, 7) is 1.35. The lowest BCUT2D eigenvalue weighted by molar-refractivity contribution is 0.0785. The molecule has 6 heteroatoms. The first-order valence-electron chi connectivity index (χ1n) is 7.30. The number of rotatable bonds is 2. The SMILES string of the molecule is Nc1cc([C@@H]2CCN(C(=O)c3cc4ccccc4[nH]3)C2)no1. The number of anilines is 1. The number of aromatic nitrogens is 2. The summed E-state index contributed by atoms with van der Waals surface area (Å²) in [6, 6.07) is 11.5. The van der Waals surface area contributed by atoms with Gasteiger partial charge in [0.1, 0.15) is 5.69 Å². The van der Waals surface area contributed by atoms with Crippen LogP contribution in [-0.2, 0) is 0 Å². The predicted octanol–water partition coefficient (Wildman–Crippen LogP) is 2.37. The second kappa shape index (κ2) is 4.91. The van der Waals surface area contributed by atoms with Gasteiger partial charge in [0, 0.05) is 36.0 Å². The van der Waals surface area contributed by atoms with Gasteiger partial charge in [-0.25, -0.2) is 0 Å². The maximum Gasteiger partial charge on any atom is 0.270 e. The number of fused-ring (bicyclic) bond motifs is 1. The van der Waals surface area contributed by atoms with E-state index < -0.39 is 0 Å². The van der Waals surface area contributed by atoms with Crippen molar-refractivity contribution in [1.82, 2.24) is 15.0 Å². The molecule has 1 fully saturated rings. The monoisotopic (exact) mass is 296 g/mol. The average molecular weight is 296 g/mol. The molecule has 0 spiro atoms. The fraction of sp³-hybridized carbons (Fsp3) is 0.250. The second-order valence-corrected chi connectivity index (χ2v) is 5.66. The van der Waals surface area contributed by atoms with Crippen molar-refractivity contribution >= 4 is 22.7 Å². The highest BCUT2D eigenvalue weighted by molar-refractivity contribution is 5.98. The van der Waals surface area contributed by atoms with Gasteiger partial charge in [0.05, 0.1) is 5.69 Å². The number of likely N-dealkylation sites (tertiary alicyclic amines) is 1. The van der Waals surface area contributed by atoms with Gasteiger partial charge in [-0.3, -0.25) is 4.79 Å². The van der Waals surface area contributed by atoms with Crippen LogP contribution in [0.2, 0.25) is 0 Å². The van der Waals surface area contributed by atoms with Crippen LogP contribution in [0.15, 0.2) is 40.9 Å². The lowest BCUT2D eigenvalue weighted by Gasteiger charge is -2.14. The van der Waals surface area contributed by atoms with Crippen LogP contribution in [0.4, 0.5) is 5.88 Å². The molecule has 0 saturated carbocycles. The Bertz CT molecular complexity index is 802. The van der Waals surface area contributed by atoms with Crippen molar-refractivity contribution in [2.24, 2.45) is 0 Å². The van der Waals surface area contributed by atoms with Gasteiger partial charge in [0.15, 0.2) is 0 Å². The van der Waals surface area contributed by atoms with Gasteiger partial charge >= 0.3 is 0 Å². The summed E-state index contributed by atoms with van der Waals surface area (Å²) in [7, 11) is 0. The third kappa shape index (κ3) is 2.13. The van der Waals surface area contributed by atoms with E-state index in [2.05, 4.69) is 10.1 Å². The van der Waals surface area contributed by atoms with E-state index in [9.17, 15) is 4.79 Å². The second-order valence-electron chi connectivity index (χ2n) is 5.66. The number of hydrogen-bond donors (Lipinski definition) is 2. The Balaban J connectivity index is 1.53. The minimum Gasteiger partial charge on any atom is -0.368 e. The number of nitrogen functional groups attached to an aromatic ring is 1. The van der Waals surface area contributed by atoms with Crippen LogP contribution in [0.1, 0.15) is 28.5 Å². The minimum absolute atomic E-state index is 0.0233. The van der Waals surface area contributed by atoms with Crippen molar-refractivity contribution in [2.75, 3.05) is 18.8 Å². The number of aromatic amines is 1. The number of nitrogens with one attached hydrogen (secondary N) is 1. The Morgan fingerprint density at radius 3 is 3.00 bits per heavy atom. The van der Waals surface area contributed by atoms with E-state index >= 15 is 0 Å². The van der Waals surface area contributed by atoms with E-state index in [4.69, 9.17) is 10.3 Å². The number of hydrogen-bond acceptors (Lipinski definition) is 4. The molecular weight excluding hydrogens is 280 g/mol. The van der Waals surface area contributed by atoms with Crippen LogP contribution < -0.4 is 5.73 Å². The smallest absolute Gasteiger partial charge is 0.270 e. The fourth-order valence-electron chi connectivity index (χ4n) is 3.04. The third-order valence-corrected chi connectivity index (χ3v) is 4.20. The van der Waals surface area contributed by atoms with Gasteiger partial charge < -0.3 is 20.1 Å². The van der Waals surface area contributed by atoms with Crippen LogP contribution in [0, 0.1) is 0 Å². The highest BCUT2D eigenvalue weighted by Crippen LogP contribution is 2.28. The Morgan fingerprint density at radius 1 is 1.36 bits per heavy atom. The van der Waals surface area contributed by atoms with E-state index in [0.29, 0.717) is 24.7 Å². The van der Waals surface area contributed by atoms with E-state index in [1.807, 2.05) is 35.2 Å². The van der Waals surface area contributed by atoms with Gasteiger partial charge in [-0.1, -0.05) is 23.4 Å². The molecule has 22 heavy (non-hydrogen) atoms. The summed E-state index contributed by atoms with van der Waals surface area (Å²) in [5, 5.41) is 5.00. The van der Waals surface area contributed by atoms with Gasteiger partial charge in [-0.05, 0) is 18.6 Å². The fourth-order valence-corrected chi connectivity index (χ4v) is 3.04. The molecule has 0 unspecified atom stereocenters. The summed E-state index contributed by atoms with van der Waals surface area (Å²) in [6.07, 6.45) is 0.873. The lowest BCUT2D eigenvalue weighted by atomic mass is 10.1. The standard InChI is InChI=1S/C16H16N4O2/c17-15-8-13(19-22-15)11-5-6-20(9-11)16(21)14-7-10-3-1-2-4-12(10)18-14/h1-4,7-8,11,18H,5-6,9,17H2/t11-/m1/s1. The topological polar surface area (TPSA) is 88.1 Å². The lowest BCUT2D eigenvalue weighted by Crippen LogP contribution is -2.28. The largest absolute Gasteiger partial charge is 0.368 e. The summed E-state index contributed by atoms with van der Waals surface area (Å²) < 4.78 is 4.92. The van der Waals surface area contributed by atoms with Crippen molar-refractivity contribution in [2.45, 2.75) is 12.3 Å².